The van der Waals surface area contributed by atoms with E-state index in [1.807, 2.05) is 0 Å². The lowest BCUT2D eigenvalue weighted by Crippen LogP contribution is -2.45. The number of methoxy groups -OCH3 is 1. The molecule has 0 spiro atoms. The first-order chi connectivity index (χ1) is 9.80. The van der Waals surface area contributed by atoms with Crippen LogP contribution in [0.15, 0.2) is 12.4 Å². The highest BCUT2D eigenvalue weighted by atomic mass is 35.5. The highest BCUT2D eigenvalue weighted by molar-refractivity contribution is 6.29. The van der Waals surface area contributed by atoms with Crippen LogP contribution in [-0.2, 0) is 9.47 Å². The molecule has 0 aliphatic carbocycles. The van der Waals surface area contributed by atoms with Gasteiger partial charge in [0.15, 0.2) is 0 Å². The molecule has 1 aromatic heterocycles. The van der Waals surface area contributed by atoms with Gasteiger partial charge in [-0.15, -0.1) is 0 Å². The number of alkyl carbamates (subject to hydrolysis) is 1. The van der Waals surface area contributed by atoms with Crippen molar-refractivity contribution >= 4 is 23.5 Å². The molecule has 118 valence electrons. The summed E-state index contributed by atoms with van der Waals surface area (Å²) < 4.78 is 10.3. The van der Waals surface area contributed by atoms with E-state index in [1.54, 1.807) is 34.1 Å². The standard InChI is InChI=1S/C13H21ClN4O3/c1-13(2,3)21-12(19)17-9(8-20-4)5-16-11-7-15-6-10(14)18-11/h6-7,9H,5,8H2,1-4H3,(H,16,18)(H,17,19)/t9-/m1/s1. The van der Waals surface area contributed by atoms with Crippen molar-refractivity contribution in [3.05, 3.63) is 17.5 Å². The minimum atomic E-state index is -0.548. The van der Waals surface area contributed by atoms with Gasteiger partial charge in [-0.2, -0.15) is 0 Å². The highest BCUT2D eigenvalue weighted by Crippen LogP contribution is 2.08. The Morgan fingerprint density at radius 2 is 2.14 bits per heavy atom. The number of hydrogen-bond acceptors (Lipinski definition) is 6. The van der Waals surface area contributed by atoms with Crippen LogP contribution < -0.4 is 10.6 Å². The second-order valence-electron chi connectivity index (χ2n) is 5.41. The molecule has 0 fully saturated rings. The summed E-state index contributed by atoms with van der Waals surface area (Å²) in [5, 5.41) is 6.05. The van der Waals surface area contributed by atoms with Gasteiger partial charge in [0.25, 0.3) is 0 Å². The maximum absolute atomic E-state index is 11.7. The molecule has 0 unspecified atom stereocenters. The second kappa shape index (κ2) is 7.99. The monoisotopic (exact) mass is 316 g/mol. The van der Waals surface area contributed by atoms with Crippen molar-refractivity contribution in [1.82, 2.24) is 15.3 Å². The quantitative estimate of drug-likeness (QED) is 0.835. The molecule has 0 bridgehead atoms. The van der Waals surface area contributed by atoms with Gasteiger partial charge < -0.3 is 20.1 Å². The van der Waals surface area contributed by atoms with Gasteiger partial charge in [0, 0.05) is 13.7 Å². The van der Waals surface area contributed by atoms with E-state index in [1.165, 1.54) is 6.20 Å². The smallest absolute Gasteiger partial charge is 0.408 e. The van der Waals surface area contributed by atoms with Crippen molar-refractivity contribution in [2.45, 2.75) is 32.4 Å². The summed E-state index contributed by atoms with van der Waals surface area (Å²) in [5.41, 5.74) is -0.548. The molecule has 0 aliphatic heterocycles. The number of amides is 1. The maximum atomic E-state index is 11.7. The number of nitrogens with one attached hydrogen (secondary N) is 2. The molecule has 0 aromatic carbocycles. The summed E-state index contributed by atoms with van der Waals surface area (Å²) in [6.07, 6.45) is 2.49. The minimum Gasteiger partial charge on any atom is -0.444 e. The predicted octanol–water partition coefficient (Wildman–Crippen LogP) is 2.08. The maximum Gasteiger partial charge on any atom is 0.408 e. The van der Waals surface area contributed by atoms with E-state index in [4.69, 9.17) is 21.1 Å². The Morgan fingerprint density at radius 3 is 2.71 bits per heavy atom. The Morgan fingerprint density at radius 1 is 1.43 bits per heavy atom. The lowest BCUT2D eigenvalue weighted by molar-refractivity contribution is 0.0474. The van der Waals surface area contributed by atoms with Gasteiger partial charge in [-0.3, -0.25) is 4.98 Å². The number of rotatable bonds is 6. The number of ether oxygens (including phenoxy) is 2. The molecule has 0 saturated carbocycles. The Bertz CT molecular complexity index is 465. The normalized spacial score (nSPS) is 12.6. The first-order valence-corrected chi connectivity index (χ1v) is 6.88. The van der Waals surface area contributed by atoms with Crippen LogP contribution in [0.1, 0.15) is 20.8 Å². The van der Waals surface area contributed by atoms with E-state index < -0.39 is 11.7 Å². The SMILES string of the molecule is COC[C@@H](CNc1cncc(Cl)n1)NC(=O)OC(C)(C)C. The first-order valence-electron chi connectivity index (χ1n) is 6.50. The molecule has 0 saturated heterocycles. The van der Waals surface area contributed by atoms with E-state index in [-0.39, 0.29) is 6.04 Å². The van der Waals surface area contributed by atoms with Crippen LogP contribution in [0.3, 0.4) is 0 Å². The number of hydrogen-bond donors (Lipinski definition) is 2. The van der Waals surface area contributed by atoms with Crippen LogP contribution in [0.2, 0.25) is 5.15 Å². The molecule has 0 aliphatic rings. The fraction of sp³-hybridized carbons (Fsp3) is 0.615. The predicted molar refractivity (Wildman–Crippen MR) is 80.6 cm³/mol. The van der Waals surface area contributed by atoms with Crippen molar-refractivity contribution in [3.8, 4) is 0 Å². The van der Waals surface area contributed by atoms with Crippen LogP contribution in [0.5, 0.6) is 0 Å². The van der Waals surface area contributed by atoms with Crippen molar-refractivity contribution in [3.63, 3.8) is 0 Å². The molecule has 1 amide bonds. The van der Waals surface area contributed by atoms with Crippen molar-refractivity contribution < 1.29 is 14.3 Å². The molecule has 1 rings (SSSR count). The molecule has 0 radical (unpaired) electrons. The third-order valence-corrected chi connectivity index (χ3v) is 2.41. The Kier molecular flexibility index (Phi) is 6.64. The number of carbonyl (C=O) groups excluding carboxylic acids is 1. The van der Waals surface area contributed by atoms with Gasteiger partial charge in [-0.1, -0.05) is 11.6 Å². The number of aromatic nitrogens is 2. The van der Waals surface area contributed by atoms with Crippen LogP contribution >= 0.6 is 11.6 Å². The fourth-order valence-electron chi connectivity index (χ4n) is 1.48. The van der Waals surface area contributed by atoms with Crippen molar-refractivity contribution in [2.24, 2.45) is 0 Å². The largest absolute Gasteiger partial charge is 0.444 e. The van der Waals surface area contributed by atoms with E-state index >= 15 is 0 Å². The highest BCUT2D eigenvalue weighted by Gasteiger charge is 2.19. The summed E-state index contributed by atoms with van der Waals surface area (Å²) in [4.78, 5) is 19.7. The zero-order chi connectivity index (χ0) is 15.9. The Labute approximate surface area is 129 Å². The zero-order valence-electron chi connectivity index (χ0n) is 12.6. The third kappa shape index (κ3) is 7.67. The van der Waals surface area contributed by atoms with Crippen molar-refractivity contribution in [1.29, 1.82) is 0 Å². The minimum absolute atomic E-state index is 0.273. The topological polar surface area (TPSA) is 85.4 Å². The van der Waals surface area contributed by atoms with Gasteiger partial charge in [-0.05, 0) is 20.8 Å². The molecule has 21 heavy (non-hydrogen) atoms. The van der Waals surface area contributed by atoms with E-state index in [2.05, 4.69) is 20.6 Å². The second-order valence-corrected chi connectivity index (χ2v) is 5.79. The van der Waals surface area contributed by atoms with E-state index in [0.29, 0.717) is 24.1 Å². The van der Waals surface area contributed by atoms with Gasteiger partial charge in [0.05, 0.1) is 25.0 Å². The molecule has 2 N–H and O–H groups in total. The fourth-order valence-corrected chi connectivity index (χ4v) is 1.63. The van der Waals surface area contributed by atoms with E-state index in [0.717, 1.165) is 0 Å². The third-order valence-electron chi connectivity index (χ3n) is 2.22. The van der Waals surface area contributed by atoms with Crippen LogP contribution in [-0.4, -0.2) is 48.0 Å². The molecular weight excluding hydrogens is 296 g/mol. The number of halogens is 1. The van der Waals surface area contributed by atoms with Crippen LogP contribution in [0.4, 0.5) is 10.6 Å². The summed E-state index contributed by atoms with van der Waals surface area (Å²) >= 11 is 5.75. The molecule has 1 aromatic rings. The number of carbonyl (C=O) groups is 1. The molecule has 8 heteroatoms. The number of anilines is 1. The Balaban J connectivity index is 2.51. The van der Waals surface area contributed by atoms with Gasteiger partial charge in [0.2, 0.25) is 0 Å². The average Bonchev–Trinajstić information content (AvgIpc) is 2.34. The first kappa shape index (κ1) is 17.5. The summed E-state index contributed by atoms with van der Waals surface area (Å²) in [6, 6.07) is -0.273. The summed E-state index contributed by atoms with van der Waals surface area (Å²) in [6.45, 7) is 6.15. The molecule has 1 heterocycles. The van der Waals surface area contributed by atoms with Crippen LogP contribution in [0, 0.1) is 0 Å². The Hall–Kier alpha value is -1.60. The summed E-state index contributed by atoms with van der Waals surface area (Å²) in [5.74, 6) is 0.523. The van der Waals surface area contributed by atoms with Gasteiger partial charge >= 0.3 is 6.09 Å². The van der Waals surface area contributed by atoms with Crippen molar-refractivity contribution in [2.75, 3.05) is 25.6 Å². The number of nitrogens with zero attached hydrogens (tertiary/aromatic N) is 2. The lowest BCUT2D eigenvalue weighted by Gasteiger charge is -2.23. The molecular formula is C13H21ClN4O3. The molecule has 7 nitrogen and oxygen atoms in total. The molecule has 1 atom stereocenters. The average molecular weight is 317 g/mol. The lowest BCUT2D eigenvalue weighted by atomic mass is 10.2. The van der Waals surface area contributed by atoms with Gasteiger partial charge in [-0.25, -0.2) is 9.78 Å². The van der Waals surface area contributed by atoms with E-state index in [9.17, 15) is 4.79 Å². The zero-order valence-corrected chi connectivity index (χ0v) is 13.4. The van der Waals surface area contributed by atoms with Crippen LogP contribution in [0.25, 0.3) is 0 Å². The van der Waals surface area contributed by atoms with Gasteiger partial charge in [0.1, 0.15) is 16.6 Å². The summed E-state index contributed by atoms with van der Waals surface area (Å²) in [7, 11) is 1.56.